The number of hydrogen-bond acceptors (Lipinski definition) is 6. The predicted molar refractivity (Wildman–Crippen MR) is 183 cm³/mol. The van der Waals surface area contributed by atoms with Crippen LogP contribution in [0.25, 0.3) is 0 Å². The van der Waals surface area contributed by atoms with Crippen LogP contribution in [0.1, 0.15) is 207 Å². The van der Waals surface area contributed by atoms with Crippen LogP contribution < -0.4 is 0 Å². The van der Waals surface area contributed by atoms with Gasteiger partial charge in [0.2, 0.25) is 0 Å². The zero-order valence-electron chi connectivity index (χ0n) is 29.4. The summed E-state index contributed by atoms with van der Waals surface area (Å²) in [5, 5.41) is 0. The minimum atomic E-state index is -0.754. The summed E-state index contributed by atoms with van der Waals surface area (Å²) < 4.78 is 16.5. The van der Waals surface area contributed by atoms with E-state index in [0.29, 0.717) is 19.3 Å². The van der Waals surface area contributed by atoms with Crippen molar-refractivity contribution in [2.45, 2.75) is 213 Å². The van der Waals surface area contributed by atoms with E-state index in [-0.39, 0.29) is 31.1 Å². The quantitative estimate of drug-likeness (QED) is 0.0402. The fourth-order valence-electron chi connectivity index (χ4n) is 5.44. The van der Waals surface area contributed by atoms with E-state index in [1.807, 2.05) is 0 Å². The highest BCUT2D eigenvalue weighted by Crippen LogP contribution is 2.14. The summed E-state index contributed by atoms with van der Waals surface area (Å²) in [7, 11) is 0. The van der Waals surface area contributed by atoms with Gasteiger partial charge < -0.3 is 14.2 Å². The summed E-state index contributed by atoms with van der Waals surface area (Å²) in [6, 6.07) is 0. The van der Waals surface area contributed by atoms with Gasteiger partial charge in [-0.2, -0.15) is 0 Å². The number of rotatable bonds is 34. The molecule has 6 nitrogen and oxygen atoms in total. The molecular weight excluding hydrogens is 552 g/mol. The van der Waals surface area contributed by atoms with Crippen molar-refractivity contribution in [3.63, 3.8) is 0 Å². The van der Waals surface area contributed by atoms with Gasteiger partial charge in [-0.25, -0.2) is 0 Å². The highest BCUT2D eigenvalue weighted by Gasteiger charge is 2.19. The van der Waals surface area contributed by atoms with Crippen LogP contribution >= 0.6 is 0 Å². The van der Waals surface area contributed by atoms with Crippen molar-refractivity contribution >= 4 is 17.9 Å². The Kier molecular flexibility index (Phi) is 33.0. The molecule has 6 heteroatoms. The zero-order chi connectivity index (χ0) is 32.4. The maximum absolute atomic E-state index is 12.5. The van der Waals surface area contributed by atoms with E-state index in [4.69, 9.17) is 14.2 Å². The molecule has 0 bridgehead atoms. The van der Waals surface area contributed by atoms with Gasteiger partial charge in [-0.3, -0.25) is 14.4 Å². The molecular formula is C38H72O6. The smallest absolute Gasteiger partial charge is 0.306 e. The maximum atomic E-state index is 12.5. The average molecular weight is 625 g/mol. The predicted octanol–water partition coefficient (Wildman–Crippen LogP) is 11.4. The zero-order valence-corrected chi connectivity index (χ0v) is 29.4. The molecule has 0 aliphatic heterocycles. The minimum Gasteiger partial charge on any atom is -0.462 e. The van der Waals surface area contributed by atoms with Crippen molar-refractivity contribution in [2.24, 2.45) is 0 Å². The van der Waals surface area contributed by atoms with Crippen molar-refractivity contribution in [1.82, 2.24) is 0 Å². The fraction of sp³-hybridized carbons (Fsp3) is 0.921. The van der Waals surface area contributed by atoms with Crippen molar-refractivity contribution in [1.29, 1.82) is 0 Å². The SMILES string of the molecule is CCCCCCCCCCCCCCC(=O)OCC(COC(=O)CCCCCCC)OC(=O)CCCCCCCCCCC. The third kappa shape index (κ3) is 31.8. The fourth-order valence-corrected chi connectivity index (χ4v) is 5.44. The lowest BCUT2D eigenvalue weighted by Gasteiger charge is -2.18. The molecule has 0 saturated carbocycles. The topological polar surface area (TPSA) is 78.9 Å². The number of carbonyl (C=O) groups excluding carboxylic acids is 3. The number of hydrogen-bond donors (Lipinski definition) is 0. The third-order valence-electron chi connectivity index (χ3n) is 8.36. The second-order valence-corrected chi connectivity index (χ2v) is 12.9. The highest BCUT2D eigenvalue weighted by atomic mass is 16.6. The van der Waals surface area contributed by atoms with Gasteiger partial charge in [0.05, 0.1) is 0 Å². The Hall–Kier alpha value is -1.59. The molecule has 0 aromatic rings. The van der Waals surface area contributed by atoms with E-state index < -0.39 is 6.10 Å². The first kappa shape index (κ1) is 42.4. The van der Waals surface area contributed by atoms with E-state index in [1.54, 1.807) is 0 Å². The first-order valence-electron chi connectivity index (χ1n) is 19.0. The largest absolute Gasteiger partial charge is 0.462 e. The van der Waals surface area contributed by atoms with Gasteiger partial charge in [0, 0.05) is 19.3 Å². The van der Waals surface area contributed by atoms with Crippen molar-refractivity contribution in [3.8, 4) is 0 Å². The second kappa shape index (κ2) is 34.3. The lowest BCUT2D eigenvalue weighted by molar-refractivity contribution is -0.167. The molecule has 0 saturated heterocycles. The van der Waals surface area contributed by atoms with E-state index >= 15 is 0 Å². The molecule has 0 amide bonds. The summed E-state index contributed by atoms with van der Waals surface area (Å²) in [5.74, 6) is -0.880. The molecule has 0 heterocycles. The lowest BCUT2D eigenvalue weighted by Crippen LogP contribution is -2.30. The molecule has 0 aromatic carbocycles. The molecule has 260 valence electrons. The Balaban J connectivity index is 4.25. The molecule has 0 rings (SSSR count). The molecule has 44 heavy (non-hydrogen) atoms. The Morgan fingerprint density at radius 1 is 0.364 bits per heavy atom. The molecule has 0 spiro atoms. The van der Waals surface area contributed by atoms with Crippen LogP contribution in [-0.2, 0) is 28.6 Å². The summed E-state index contributed by atoms with van der Waals surface area (Å²) in [4.78, 5) is 37.1. The van der Waals surface area contributed by atoms with Gasteiger partial charge >= 0.3 is 17.9 Å². The summed E-state index contributed by atoms with van der Waals surface area (Å²) >= 11 is 0. The summed E-state index contributed by atoms with van der Waals surface area (Å²) in [6.07, 6.45) is 31.1. The Morgan fingerprint density at radius 2 is 0.614 bits per heavy atom. The molecule has 0 aliphatic rings. The van der Waals surface area contributed by atoms with Crippen LogP contribution in [0.15, 0.2) is 0 Å². The van der Waals surface area contributed by atoms with Crippen LogP contribution in [0.2, 0.25) is 0 Å². The van der Waals surface area contributed by atoms with Crippen molar-refractivity contribution in [3.05, 3.63) is 0 Å². The molecule has 0 aliphatic carbocycles. The molecule has 1 atom stereocenters. The standard InChI is InChI=1S/C38H72O6/c1-4-7-10-13-15-17-18-19-21-22-25-28-31-37(40)43-34-35(33-42-36(39)30-27-24-12-9-6-3)44-38(41)32-29-26-23-20-16-14-11-8-5-2/h35H,4-34H2,1-3H3. The number of carbonyl (C=O) groups is 3. The molecule has 1 unspecified atom stereocenters. The average Bonchev–Trinajstić information content (AvgIpc) is 3.02. The number of unbranched alkanes of at least 4 members (excludes halogenated alkanes) is 23. The molecule has 0 radical (unpaired) electrons. The van der Waals surface area contributed by atoms with Crippen LogP contribution in [0.5, 0.6) is 0 Å². The summed E-state index contributed by atoms with van der Waals surface area (Å²) in [6.45, 7) is 6.52. The van der Waals surface area contributed by atoms with Gasteiger partial charge in [0.15, 0.2) is 6.10 Å². The van der Waals surface area contributed by atoms with Crippen molar-refractivity contribution < 1.29 is 28.6 Å². The van der Waals surface area contributed by atoms with Gasteiger partial charge in [-0.05, 0) is 19.3 Å². The normalized spacial score (nSPS) is 11.8. The molecule has 0 N–H and O–H groups in total. The Labute approximate surface area is 272 Å². The monoisotopic (exact) mass is 625 g/mol. The van der Waals surface area contributed by atoms with E-state index in [2.05, 4.69) is 20.8 Å². The Morgan fingerprint density at radius 3 is 0.909 bits per heavy atom. The van der Waals surface area contributed by atoms with Crippen molar-refractivity contribution in [2.75, 3.05) is 13.2 Å². The number of ether oxygens (including phenoxy) is 3. The molecule has 0 aromatic heterocycles. The van der Waals surface area contributed by atoms with Crippen LogP contribution in [0.3, 0.4) is 0 Å². The third-order valence-corrected chi connectivity index (χ3v) is 8.36. The first-order valence-corrected chi connectivity index (χ1v) is 19.0. The van der Waals surface area contributed by atoms with Crippen LogP contribution in [0.4, 0.5) is 0 Å². The summed E-state index contributed by atoms with van der Waals surface area (Å²) in [5.41, 5.74) is 0. The van der Waals surface area contributed by atoms with Gasteiger partial charge in [-0.15, -0.1) is 0 Å². The van der Waals surface area contributed by atoms with E-state index in [1.165, 1.54) is 103 Å². The van der Waals surface area contributed by atoms with E-state index in [0.717, 1.165) is 64.2 Å². The van der Waals surface area contributed by atoms with Crippen LogP contribution in [-0.4, -0.2) is 37.2 Å². The number of esters is 3. The lowest BCUT2D eigenvalue weighted by atomic mass is 10.0. The first-order chi connectivity index (χ1) is 21.5. The second-order valence-electron chi connectivity index (χ2n) is 12.9. The molecule has 0 fully saturated rings. The maximum Gasteiger partial charge on any atom is 0.306 e. The highest BCUT2D eigenvalue weighted by molar-refractivity contribution is 5.71. The van der Waals surface area contributed by atoms with Crippen LogP contribution in [0, 0.1) is 0 Å². The van der Waals surface area contributed by atoms with Gasteiger partial charge in [0.1, 0.15) is 13.2 Å². The van der Waals surface area contributed by atoms with Gasteiger partial charge in [-0.1, -0.05) is 168 Å². The minimum absolute atomic E-state index is 0.0651. The Bertz CT molecular complexity index is 649. The van der Waals surface area contributed by atoms with E-state index in [9.17, 15) is 14.4 Å². The van der Waals surface area contributed by atoms with Gasteiger partial charge in [0.25, 0.3) is 0 Å².